The van der Waals surface area contributed by atoms with Crippen LogP contribution in [0.25, 0.3) is 0 Å². The zero-order valence-electron chi connectivity index (χ0n) is 12.0. The Morgan fingerprint density at radius 3 is 2.73 bits per heavy atom. The van der Waals surface area contributed by atoms with Gasteiger partial charge in [-0.2, -0.15) is 0 Å². The summed E-state index contributed by atoms with van der Waals surface area (Å²) in [5.41, 5.74) is 0.946. The predicted octanol–water partition coefficient (Wildman–Crippen LogP) is 2.37. The van der Waals surface area contributed by atoms with E-state index in [1.54, 1.807) is 18.1 Å². The number of likely N-dealkylation sites (N-methyl/N-ethyl adjacent to an activating group) is 1. The monoisotopic (exact) mass is 301 g/mol. The van der Waals surface area contributed by atoms with Crippen molar-refractivity contribution >= 4 is 17.3 Å². The fourth-order valence-electron chi connectivity index (χ4n) is 2.07. The van der Waals surface area contributed by atoms with E-state index in [4.69, 9.17) is 5.11 Å². The average Bonchev–Trinajstić information content (AvgIpc) is 2.52. The molecule has 7 nitrogen and oxygen atoms in total. The maximum atomic E-state index is 11.1. The molecule has 0 fully saturated rings. The van der Waals surface area contributed by atoms with E-state index in [1.165, 1.54) is 12.1 Å². The summed E-state index contributed by atoms with van der Waals surface area (Å²) in [5, 5.41) is 20.1. The Morgan fingerprint density at radius 1 is 1.36 bits per heavy atom. The number of pyridine rings is 1. The standard InChI is InChI=1S/C15H15N3O4/c1-17(9-7-12-4-2-3-8-16-12)13-6-5-11(15(19)20)10-14(13)18(21)22/h2-6,8,10H,7,9H2,1H3,(H,19,20). The first kappa shape index (κ1) is 15.4. The summed E-state index contributed by atoms with van der Waals surface area (Å²) in [6.07, 6.45) is 2.33. The molecule has 0 aliphatic carbocycles. The average molecular weight is 301 g/mol. The number of nitrogens with zero attached hydrogens (tertiary/aromatic N) is 3. The van der Waals surface area contributed by atoms with Gasteiger partial charge in [-0.15, -0.1) is 0 Å². The van der Waals surface area contributed by atoms with Crippen molar-refractivity contribution in [1.29, 1.82) is 0 Å². The highest BCUT2D eigenvalue weighted by Crippen LogP contribution is 2.28. The first-order valence-corrected chi connectivity index (χ1v) is 6.62. The van der Waals surface area contributed by atoms with Crippen molar-refractivity contribution in [3.05, 3.63) is 64.0 Å². The molecule has 0 unspecified atom stereocenters. The minimum atomic E-state index is -1.19. The Bertz CT molecular complexity index is 688. The second kappa shape index (κ2) is 6.66. The van der Waals surface area contributed by atoms with Gasteiger partial charge >= 0.3 is 5.97 Å². The summed E-state index contributed by atoms with van der Waals surface area (Å²) in [5.74, 6) is -1.19. The van der Waals surface area contributed by atoms with Gasteiger partial charge in [0.1, 0.15) is 5.69 Å². The number of carboxylic acid groups (broad SMARTS) is 1. The molecule has 1 heterocycles. The number of carbonyl (C=O) groups is 1. The van der Waals surface area contributed by atoms with Crippen LogP contribution in [0.4, 0.5) is 11.4 Å². The molecule has 0 spiro atoms. The zero-order valence-corrected chi connectivity index (χ0v) is 12.0. The van der Waals surface area contributed by atoms with E-state index in [0.717, 1.165) is 11.8 Å². The van der Waals surface area contributed by atoms with Crippen LogP contribution in [0, 0.1) is 10.1 Å². The van der Waals surface area contributed by atoms with Crippen molar-refractivity contribution in [2.24, 2.45) is 0 Å². The van der Waals surface area contributed by atoms with E-state index < -0.39 is 10.9 Å². The lowest BCUT2D eigenvalue weighted by Crippen LogP contribution is -2.21. The molecule has 2 aromatic rings. The number of nitro groups is 1. The van der Waals surface area contributed by atoms with E-state index in [-0.39, 0.29) is 11.3 Å². The van der Waals surface area contributed by atoms with E-state index in [0.29, 0.717) is 18.7 Å². The van der Waals surface area contributed by atoms with E-state index in [2.05, 4.69) is 4.98 Å². The SMILES string of the molecule is CN(CCc1ccccn1)c1ccc(C(=O)O)cc1[N+](=O)[O-]. The van der Waals surface area contributed by atoms with Gasteiger partial charge in [0.25, 0.3) is 5.69 Å². The number of carboxylic acids is 1. The number of rotatable bonds is 6. The number of hydrogen-bond acceptors (Lipinski definition) is 5. The molecule has 0 aliphatic rings. The highest BCUT2D eigenvalue weighted by molar-refractivity contribution is 5.89. The Labute approximate surface area is 127 Å². The number of anilines is 1. The molecule has 0 saturated heterocycles. The van der Waals surface area contributed by atoms with Crippen molar-refractivity contribution in [2.45, 2.75) is 6.42 Å². The Hall–Kier alpha value is -2.96. The molecule has 0 aliphatic heterocycles. The molecular weight excluding hydrogens is 286 g/mol. The van der Waals surface area contributed by atoms with Crippen molar-refractivity contribution in [2.75, 3.05) is 18.5 Å². The second-order valence-corrected chi connectivity index (χ2v) is 4.76. The van der Waals surface area contributed by atoms with Gasteiger partial charge in [-0.3, -0.25) is 15.1 Å². The first-order chi connectivity index (χ1) is 10.5. The van der Waals surface area contributed by atoms with E-state index >= 15 is 0 Å². The molecule has 0 atom stereocenters. The zero-order chi connectivity index (χ0) is 16.1. The number of aromatic nitrogens is 1. The highest BCUT2D eigenvalue weighted by Gasteiger charge is 2.19. The van der Waals surface area contributed by atoms with Crippen LogP contribution < -0.4 is 4.90 Å². The van der Waals surface area contributed by atoms with Gasteiger partial charge in [-0.1, -0.05) is 6.07 Å². The smallest absolute Gasteiger partial charge is 0.335 e. The third kappa shape index (κ3) is 3.57. The summed E-state index contributed by atoms with van der Waals surface area (Å²) >= 11 is 0. The maximum Gasteiger partial charge on any atom is 0.335 e. The van der Waals surface area contributed by atoms with Gasteiger partial charge in [0.2, 0.25) is 0 Å². The van der Waals surface area contributed by atoms with Crippen molar-refractivity contribution in [3.8, 4) is 0 Å². The Morgan fingerprint density at radius 2 is 2.14 bits per heavy atom. The summed E-state index contributed by atoms with van der Waals surface area (Å²) in [7, 11) is 1.73. The molecule has 22 heavy (non-hydrogen) atoms. The Balaban J connectivity index is 2.19. The quantitative estimate of drug-likeness (QED) is 0.650. The number of hydrogen-bond donors (Lipinski definition) is 1. The lowest BCUT2D eigenvalue weighted by atomic mass is 10.1. The van der Waals surface area contributed by atoms with Gasteiger partial charge < -0.3 is 10.0 Å². The van der Waals surface area contributed by atoms with E-state index in [1.807, 2.05) is 18.2 Å². The predicted molar refractivity (Wildman–Crippen MR) is 81.3 cm³/mol. The van der Waals surface area contributed by atoms with Gasteiger partial charge in [-0.05, 0) is 24.3 Å². The van der Waals surface area contributed by atoms with Gasteiger partial charge in [0.15, 0.2) is 0 Å². The minimum Gasteiger partial charge on any atom is -0.478 e. The molecule has 0 amide bonds. The van der Waals surface area contributed by atoms with Crippen LogP contribution in [-0.2, 0) is 6.42 Å². The molecule has 0 saturated carbocycles. The minimum absolute atomic E-state index is 0.103. The summed E-state index contributed by atoms with van der Waals surface area (Å²) in [6, 6.07) is 9.49. The second-order valence-electron chi connectivity index (χ2n) is 4.76. The van der Waals surface area contributed by atoms with Gasteiger partial charge in [-0.25, -0.2) is 4.79 Å². The topological polar surface area (TPSA) is 96.6 Å². The van der Waals surface area contributed by atoms with Crippen molar-refractivity contribution < 1.29 is 14.8 Å². The lowest BCUT2D eigenvalue weighted by molar-refractivity contribution is -0.384. The Kier molecular flexibility index (Phi) is 4.67. The van der Waals surface area contributed by atoms with Crippen LogP contribution in [0.1, 0.15) is 16.1 Å². The molecule has 114 valence electrons. The molecule has 1 N–H and O–H groups in total. The van der Waals surface area contributed by atoms with Crippen LogP contribution in [-0.4, -0.2) is 34.6 Å². The normalized spacial score (nSPS) is 10.2. The molecular formula is C15H15N3O4. The largest absolute Gasteiger partial charge is 0.478 e. The molecule has 2 rings (SSSR count). The van der Waals surface area contributed by atoms with Crippen LogP contribution in [0.3, 0.4) is 0 Å². The van der Waals surface area contributed by atoms with Crippen LogP contribution >= 0.6 is 0 Å². The molecule has 1 aromatic heterocycles. The van der Waals surface area contributed by atoms with E-state index in [9.17, 15) is 14.9 Å². The highest BCUT2D eigenvalue weighted by atomic mass is 16.6. The third-order valence-electron chi connectivity index (χ3n) is 3.26. The van der Waals surface area contributed by atoms with Crippen molar-refractivity contribution in [3.63, 3.8) is 0 Å². The number of nitro benzene ring substituents is 1. The fraction of sp³-hybridized carbons (Fsp3) is 0.200. The lowest BCUT2D eigenvalue weighted by Gasteiger charge is -2.19. The van der Waals surface area contributed by atoms with Gasteiger partial charge in [0, 0.05) is 38.0 Å². The summed E-state index contributed by atoms with van der Waals surface area (Å²) in [4.78, 5) is 27.4. The van der Waals surface area contributed by atoms with Gasteiger partial charge in [0.05, 0.1) is 10.5 Å². The molecule has 0 bridgehead atoms. The first-order valence-electron chi connectivity index (χ1n) is 6.62. The van der Waals surface area contributed by atoms with Crippen LogP contribution in [0.5, 0.6) is 0 Å². The number of benzene rings is 1. The maximum absolute atomic E-state index is 11.1. The van der Waals surface area contributed by atoms with Crippen LogP contribution in [0.2, 0.25) is 0 Å². The third-order valence-corrected chi connectivity index (χ3v) is 3.26. The summed E-state index contributed by atoms with van der Waals surface area (Å²) < 4.78 is 0. The number of aromatic carboxylic acids is 1. The summed E-state index contributed by atoms with van der Waals surface area (Å²) in [6.45, 7) is 0.532. The molecule has 1 aromatic carbocycles. The fourth-order valence-corrected chi connectivity index (χ4v) is 2.07. The van der Waals surface area contributed by atoms with Crippen LogP contribution in [0.15, 0.2) is 42.6 Å². The van der Waals surface area contributed by atoms with Crippen molar-refractivity contribution in [1.82, 2.24) is 4.98 Å². The molecule has 7 heteroatoms. The molecule has 0 radical (unpaired) electrons.